The molecule has 1 aliphatic heterocycles. The molecular weight excluding hydrogens is 356 g/mol. The molecule has 5 nitrogen and oxygen atoms in total. The van der Waals surface area contributed by atoms with Gasteiger partial charge in [-0.25, -0.2) is 4.39 Å². The van der Waals surface area contributed by atoms with E-state index in [1.165, 1.54) is 12.1 Å². The third-order valence-electron chi connectivity index (χ3n) is 3.59. The van der Waals surface area contributed by atoms with E-state index < -0.39 is 6.04 Å². The predicted octanol–water partition coefficient (Wildman–Crippen LogP) is 2.82. The van der Waals surface area contributed by atoms with E-state index >= 15 is 0 Å². The van der Waals surface area contributed by atoms with E-state index in [2.05, 4.69) is 5.32 Å². The summed E-state index contributed by atoms with van der Waals surface area (Å²) in [6.07, 6.45) is 0.595. The van der Waals surface area contributed by atoms with Crippen molar-refractivity contribution in [2.75, 3.05) is 36.5 Å². The van der Waals surface area contributed by atoms with Crippen LogP contribution in [-0.4, -0.2) is 38.3 Å². The van der Waals surface area contributed by atoms with Gasteiger partial charge in [0.25, 0.3) is 0 Å². The Morgan fingerprint density at radius 2 is 1.92 bits per heavy atom. The Morgan fingerprint density at radius 3 is 2.50 bits per heavy atom. The van der Waals surface area contributed by atoms with Gasteiger partial charge in [-0.2, -0.15) is 0 Å². The molecule has 8 heteroatoms. The molecule has 0 unspecified atom stereocenters. The van der Waals surface area contributed by atoms with E-state index in [1.54, 1.807) is 6.07 Å². The van der Waals surface area contributed by atoms with Crippen LogP contribution in [0.2, 0.25) is 0 Å². The summed E-state index contributed by atoms with van der Waals surface area (Å²) in [4.78, 5) is 14.1. The van der Waals surface area contributed by atoms with Gasteiger partial charge in [0, 0.05) is 24.5 Å². The molecule has 1 aromatic rings. The summed E-state index contributed by atoms with van der Waals surface area (Å²) in [6.45, 7) is 6.68. The number of carbonyl (C=O) groups is 1. The minimum atomic E-state index is -0.588. The van der Waals surface area contributed by atoms with E-state index in [4.69, 9.17) is 10.5 Å². The summed E-state index contributed by atoms with van der Waals surface area (Å²) in [7, 11) is 0. The van der Waals surface area contributed by atoms with E-state index in [0.717, 1.165) is 5.69 Å². The second-order valence-corrected chi connectivity index (χ2v) is 6.02. The Bertz CT molecular complexity index is 526. The number of ether oxygens (including phenoxy) is 1. The maximum absolute atomic E-state index is 13.8. The molecule has 0 bridgehead atoms. The lowest BCUT2D eigenvalue weighted by Crippen LogP contribution is -2.37. The number of hydrogen-bond donors (Lipinski definition) is 2. The first-order chi connectivity index (χ1) is 10.5. The Hall–Kier alpha value is -1.08. The topological polar surface area (TPSA) is 67.6 Å². The van der Waals surface area contributed by atoms with Crippen molar-refractivity contribution in [1.29, 1.82) is 0 Å². The van der Waals surface area contributed by atoms with Crippen LogP contribution in [-0.2, 0) is 9.53 Å². The van der Waals surface area contributed by atoms with Crippen LogP contribution in [0, 0.1) is 11.7 Å². The summed E-state index contributed by atoms with van der Waals surface area (Å²) in [5, 5.41) is 2.71. The fraction of sp³-hybridized carbons (Fsp3) is 0.562. The summed E-state index contributed by atoms with van der Waals surface area (Å²) in [5.74, 6) is -0.332. The third kappa shape index (κ3) is 6.81. The molecule has 138 valence electrons. The van der Waals surface area contributed by atoms with E-state index in [-0.39, 0.29) is 36.5 Å². The monoisotopic (exact) mass is 381 g/mol. The number of benzene rings is 1. The van der Waals surface area contributed by atoms with Gasteiger partial charge in [-0.05, 0) is 30.5 Å². The van der Waals surface area contributed by atoms with Crippen LogP contribution in [0.15, 0.2) is 18.2 Å². The number of morpholine rings is 1. The molecule has 0 aromatic heterocycles. The molecule has 24 heavy (non-hydrogen) atoms. The highest BCUT2D eigenvalue weighted by Gasteiger charge is 2.17. The van der Waals surface area contributed by atoms with Crippen molar-refractivity contribution in [2.24, 2.45) is 11.7 Å². The van der Waals surface area contributed by atoms with Gasteiger partial charge in [0.1, 0.15) is 5.82 Å². The van der Waals surface area contributed by atoms with Crippen LogP contribution in [0.3, 0.4) is 0 Å². The Labute approximate surface area is 154 Å². The summed E-state index contributed by atoms with van der Waals surface area (Å²) >= 11 is 0. The average molecular weight is 382 g/mol. The van der Waals surface area contributed by atoms with Crippen LogP contribution in [0.25, 0.3) is 0 Å². The largest absolute Gasteiger partial charge is 0.378 e. The lowest BCUT2D eigenvalue weighted by Gasteiger charge is -2.29. The summed E-state index contributed by atoms with van der Waals surface area (Å²) in [6, 6.07) is 3.96. The average Bonchev–Trinajstić information content (AvgIpc) is 2.46. The Balaban J connectivity index is 0.00000264. The highest BCUT2D eigenvalue weighted by Crippen LogP contribution is 2.23. The van der Waals surface area contributed by atoms with Crippen molar-refractivity contribution < 1.29 is 13.9 Å². The molecule has 1 aliphatic rings. The van der Waals surface area contributed by atoms with Crippen molar-refractivity contribution in [3.8, 4) is 0 Å². The van der Waals surface area contributed by atoms with Crippen molar-refractivity contribution in [1.82, 2.24) is 0 Å². The van der Waals surface area contributed by atoms with Crippen molar-refractivity contribution >= 4 is 42.1 Å². The van der Waals surface area contributed by atoms with Gasteiger partial charge < -0.3 is 20.7 Å². The fourth-order valence-electron chi connectivity index (χ4n) is 2.50. The number of hydrogen-bond acceptors (Lipinski definition) is 4. The smallest absolute Gasteiger partial charge is 0.241 e. The van der Waals surface area contributed by atoms with Crippen LogP contribution >= 0.6 is 24.8 Å². The van der Waals surface area contributed by atoms with Gasteiger partial charge in [-0.1, -0.05) is 13.8 Å². The minimum Gasteiger partial charge on any atom is -0.378 e. The van der Waals surface area contributed by atoms with E-state index in [0.29, 0.717) is 44.3 Å². The maximum atomic E-state index is 13.8. The SMILES string of the molecule is CC(C)C[C@H](N)C(=O)Nc1cc(F)cc(N2CCOCC2)c1.Cl.Cl. The summed E-state index contributed by atoms with van der Waals surface area (Å²) < 4.78 is 19.1. The first-order valence-electron chi connectivity index (χ1n) is 7.65. The molecule has 1 heterocycles. The second-order valence-electron chi connectivity index (χ2n) is 6.02. The van der Waals surface area contributed by atoms with Crippen molar-refractivity contribution in [3.63, 3.8) is 0 Å². The number of nitrogens with one attached hydrogen (secondary N) is 1. The lowest BCUT2D eigenvalue weighted by atomic mass is 10.0. The molecule has 3 N–H and O–H groups in total. The molecule has 1 atom stereocenters. The number of nitrogens with zero attached hydrogens (tertiary/aromatic N) is 1. The zero-order valence-corrected chi connectivity index (χ0v) is 15.6. The first-order valence-corrected chi connectivity index (χ1v) is 7.65. The Kier molecular flexibility index (Phi) is 10.2. The van der Waals surface area contributed by atoms with Crippen LogP contribution in [0.1, 0.15) is 20.3 Å². The van der Waals surface area contributed by atoms with Gasteiger partial charge in [-0.3, -0.25) is 4.79 Å². The molecule has 1 aromatic carbocycles. The number of halogens is 3. The molecule has 0 radical (unpaired) electrons. The minimum absolute atomic E-state index is 0. The lowest BCUT2D eigenvalue weighted by molar-refractivity contribution is -0.117. The molecule has 1 fully saturated rings. The van der Waals surface area contributed by atoms with Crippen LogP contribution < -0.4 is 16.0 Å². The van der Waals surface area contributed by atoms with Crippen LogP contribution in [0.5, 0.6) is 0 Å². The fourth-order valence-corrected chi connectivity index (χ4v) is 2.50. The van der Waals surface area contributed by atoms with Crippen molar-refractivity contribution in [2.45, 2.75) is 26.3 Å². The van der Waals surface area contributed by atoms with Gasteiger partial charge in [0.2, 0.25) is 5.91 Å². The number of anilines is 2. The quantitative estimate of drug-likeness (QED) is 0.822. The van der Waals surface area contributed by atoms with Crippen LogP contribution in [0.4, 0.5) is 15.8 Å². The zero-order chi connectivity index (χ0) is 16.1. The van der Waals surface area contributed by atoms with Gasteiger partial charge >= 0.3 is 0 Å². The van der Waals surface area contributed by atoms with Gasteiger partial charge in [0.05, 0.1) is 19.3 Å². The number of rotatable bonds is 5. The predicted molar refractivity (Wildman–Crippen MR) is 100.0 cm³/mol. The normalized spacial score (nSPS) is 15.3. The molecule has 1 saturated heterocycles. The van der Waals surface area contributed by atoms with Gasteiger partial charge in [0.15, 0.2) is 0 Å². The molecule has 1 amide bonds. The van der Waals surface area contributed by atoms with Crippen molar-refractivity contribution in [3.05, 3.63) is 24.0 Å². The molecule has 0 spiro atoms. The molecular formula is C16H26Cl2FN3O2. The molecule has 0 saturated carbocycles. The number of nitrogens with two attached hydrogens (primary N) is 1. The first kappa shape index (κ1) is 22.9. The maximum Gasteiger partial charge on any atom is 0.241 e. The van der Waals surface area contributed by atoms with E-state index in [9.17, 15) is 9.18 Å². The third-order valence-corrected chi connectivity index (χ3v) is 3.59. The second kappa shape index (κ2) is 10.7. The zero-order valence-electron chi connectivity index (χ0n) is 14.0. The Morgan fingerprint density at radius 1 is 1.29 bits per heavy atom. The molecule has 2 rings (SSSR count). The number of amides is 1. The standard InChI is InChI=1S/C16H24FN3O2.2ClH/c1-11(2)7-15(18)16(21)19-13-8-12(17)9-14(10-13)20-3-5-22-6-4-20;;/h8-11,15H,3-7,18H2,1-2H3,(H,19,21);2*1H/t15-;;/m0../s1. The number of carbonyl (C=O) groups excluding carboxylic acids is 1. The molecule has 0 aliphatic carbocycles. The van der Waals surface area contributed by atoms with E-state index in [1.807, 2.05) is 18.7 Å². The summed E-state index contributed by atoms with van der Waals surface area (Å²) in [5.41, 5.74) is 7.03. The highest BCUT2D eigenvalue weighted by molar-refractivity contribution is 5.95. The van der Waals surface area contributed by atoms with Gasteiger partial charge in [-0.15, -0.1) is 24.8 Å². The highest BCUT2D eigenvalue weighted by atomic mass is 35.5.